The summed E-state index contributed by atoms with van der Waals surface area (Å²) in [6, 6.07) is 10.6. The molecule has 0 aliphatic carbocycles. The van der Waals surface area contributed by atoms with Crippen LogP contribution in [-0.4, -0.2) is 44.1 Å². The highest BCUT2D eigenvalue weighted by atomic mass is 28.4. The zero-order valence-electron chi connectivity index (χ0n) is 15.4. The minimum Gasteiger partial charge on any atom is -0.562 e. The van der Waals surface area contributed by atoms with E-state index in [1.165, 1.54) is 5.56 Å². The van der Waals surface area contributed by atoms with Gasteiger partial charge in [0.2, 0.25) is 0 Å². The Kier molecular flexibility index (Phi) is 6.06. The van der Waals surface area contributed by atoms with Crippen molar-refractivity contribution in [2.24, 2.45) is 5.92 Å². The smallest absolute Gasteiger partial charge is 0.0494 e. The van der Waals surface area contributed by atoms with E-state index in [1.807, 2.05) is 0 Å². The number of nitrogens with zero attached hydrogens (tertiary/aromatic N) is 1. The fourth-order valence-corrected chi connectivity index (χ4v) is 4.38. The van der Waals surface area contributed by atoms with E-state index in [2.05, 4.69) is 69.1 Å². The lowest BCUT2D eigenvalue weighted by atomic mass is 9.95. The Morgan fingerprint density at radius 1 is 1.22 bits per heavy atom. The Bertz CT molecular complexity index is 484. The molecule has 1 aromatic rings. The van der Waals surface area contributed by atoms with Crippen molar-refractivity contribution >= 4 is 8.32 Å². The third kappa shape index (κ3) is 4.89. The number of piperidine rings is 1. The Labute approximate surface area is 142 Å². The van der Waals surface area contributed by atoms with Gasteiger partial charge in [-0.25, -0.2) is 0 Å². The van der Waals surface area contributed by atoms with Gasteiger partial charge in [0.05, 0.1) is 0 Å². The average Bonchev–Trinajstić information content (AvgIpc) is 2.48. The highest BCUT2D eigenvalue weighted by Gasteiger charge is 2.33. The molecule has 4 heteroatoms. The standard InChI is InChI=1S/C19H33NO2Si/c1-19(2,3)23(4,5)22-18-11-12-20(14-17(18)15-21)13-16-9-7-6-8-10-16/h6-10,17-18,21H,11-15H2,1-5H3/q-1/t17-,18+/m1/s1. The maximum Gasteiger partial charge on any atom is 0.0494 e. The van der Waals surface area contributed by atoms with Crippen LogP contribution in [0.2, 0.25) is 18.1 Å². The van der Waals surface area contributed by atoms with Gasteiger partial charge in [-0.3, -0.25) is 4.90 Å². The van der Waals surface area contributed by atoms with E-state index in [9.17, 15) is 5.11 Å². The van der Waals surface area contributed by atoms with Gasteiger partial charge in [-0.2, -0.15) is 0 Å². The van der Waals surface area contributed by atoms with Crippen LogP contribution in [0.15, 0.2) is 30.3 Å². The number of rotatable bonds is 5. The van der Waals surface area contributed by atoms with Gasteiger partial charge < -0.3 is 9.53 Å². The van der Waals surface area contributed by atoms with E-state index in [0.717, 1.165) is 26.1 Å². The number of hydrogen-bond acceptors (Lipinski definition) is 3. The molecule has 0 spiro atoms. The van der Waals surface area contributed by atoms with Gasteiger partial charge in [-0.15, -0.1) is 18.1 Å². The number of aliphatic hydroxyl groups excluding tert-OH is 1. The van der Waals surface area contributed by atoms with Crippen molar-refractivity contribution in [1.29, 1.82) is 0 Å². The van der Waals surface area contributed by atoms with Crippen LogP contribution in [0.25, 0.3) is 0 Å². The minimum absolute atomic E-state index is 0.202. The van der Waals surface area contributed by atoms with Gasteiger partial charge in [0, 0.05) is 38.3 Å². The molecule has 23 heavy (non-hydrogen) atoms. The van der Waals surface area contributed by atoms with Crippen LogP contribution in [0.4, 0.5) is 0 Å². The van der Waals surface area contributed by atoms with Crippen LogP contribution in [0.1, 0.15) is 32.8 Å². The van der Waals surface area contributed by atoms with Crippen molar-refractivity contribution in [2.45, 2.75) is 58.0 Å². The first kappa shape index (κ1) is 18.7. The van der Waals surface area contributed by atoms with E-state index in [0.29, 0.717) is 0 Å². The predicted molar refractivity (Wildman–Crippen MR) is 99.0 cm³/mol. The molecule has 0 amide bonds. The molecule has 0 bridgehead atoms. The van der Waals surface area contributed by atoms with Crippen molar-refractivity contribution < 1.29 is 9.53 Å². The Balaban J connectivity index is 1.96. The maximum atomic E-state index is 9.85. The van der Waals surface area contributed by atoms with E-state index in [-0.39, 0.29) is 23.7 Å². The summed E-state index contributed by atoms with van der Waals surface area (Å²) in [5.41, 5.74) is 1.34. The predicted octanol–water partition coefficient (Wildman–Crippen LogP) is 3.89. The largest absolute Gasteiger partial charge is 0.562 e. The summed E-state index contributed by atoms with van der Waals surface area (Å²) in [6.07, 6.45) is 1.22. The second-order valence-corrected chi connectivity index (χ2v) is 13.1. The summed E-state index contributed by atoms with van der Waals surface area (Å²) in [5.74, 6) is 0.224. The lowest BCUT2D eigenvalue weighted by Gasteiger charge is -2.53. The molecule has 1 aliphatic rings. The fourth-order valence-electron chi connectivity index (χ4n) is 2.96. The van der Waals surface area contributed by atoms with E-state index in [1.54, 1.807) is 0 Å². The molecule has 1 heterocycles. The van der Waals surface area contributed by atoms with Gasteiger partial charge in [-0.1, -0.05) is 51.1 Å². The molecule has 1 saturated heterocycles. The van der Waals surface area contributed by atoms with Gasteiger partial charge in [-0.05, 0) is 20.3 Å². The lowest BCUT2D eigenvalue weighted by molar-refractivity contribution is 0.00509. The summed E-state index contributed by atoms with van der Waals surface area (Å²) < 4.78 is 6.60. The van der Waals surface area contributed by atoms with E-state index >= 15 is 0 Å². The van der Waals surface area contributed by atoms with Crippen LogP contribution in [0, 0.1) is 5.92 Å². The number of likely N-dealkylation sites (tertiary alicyclic amines) is 1. The molecule has 2 rings (SSSR count). The van der Waals surface area contributed by atoms with Gasteiger partial charge in [0.25, 0.3) is 0 Å². The van der Waals surface area contributed by atoms with Crippen molar-refractivity contribution in [1.82, 2.24) is 4.90 Å². The second-order valence-electron chi connectivity index (χ2n) is 8.37. The molecule has 2 atom stereocenters. The number of hydrogen-bond donors (Lipinski definition) is 1. The van der Waals surface area contributed by atoms with Crippen molar-refractivity contribution in [3.8, 4) is 0 Å². The summed E-state index contributed by atoms with van der Waals surface area (Å²) in [7, 11) is -1.78. The molecule has 0 unspecified atom stereocenters. The molecule has 0 saturated carbocycles. The Morgan fingerprint density at radius 2 is 1.87 bits per heavy atom. The molecular formula is C19H33NO2Si-. The SMILES string of the molecule is CC(C)(C)[Si-](C)(C)O[C@H]1CCN(Cc2ccccc2)C[C@@H]1CO. The van der Waals surface area contributed by atoms with Gasteiger partial charge in [0.1, 0.15) is 0 Å². The summed E-state index contributed by atoms with van der Waals surface area (Å²) in [4.78, 5) is 2.45. The fraction of sp³-hybridized carbons (Fsp3) is 0.684. The number of aliphatic hydroxyl groups is 1. The van der Waals surface area contributed by atoms with Crippen molar-refractivity contribution in [3.05, 3.63) is 35.9 Å². The topological polar surface area (TPSA) is 32.7 Å². The maximum absolute atomic E-state index is 9.85. The van der Waals surface area contributed by atoms with Crippen LogP contribution in [0.3, 0.4) is 0 Å². The number of benzene rings is 1. The molecule has 1 fully saturated rings. The molecule has 0 aromatic heterocycles. The first-order chi connectivity index (χ1) is 10.7. The van der Waals surface area contributed by atoms with E-state index in [4.69, 9.17) is 4.43 Å². The third-order valence-electron chi connectivity index (χ3n) is 5.48. The highest BCUT2D eigenvalue weighted by molar-refractivity contribution is 6.74. The molecule has 3 nitrogen and oxygen atoms in total. The molecular weight excluding hydrogens is 302 g/mol. The molecule has 1 N–H and O–H groups in total. The van der Waals surface area contributed by atoms with E-state index < -0.39 is 8.32 Å². The third-order valence-corrected chi connectivity index (χ3v) is 9.99. The lowest BCUT2D eigenvalue weighted by Crippen LogP contribution is -2.52. The quantitative estimate of drug-likeness (QED) is 0.829. The van der Waals surface area contributed by atoms with Crippen LogP contribution >= 0.6 is 0 Å². The van der Waals surface area contributed by atoms with Crippen molar-refractivity contribution in [2.75, 3.05) is 19.7 Å². The molecule has 131 valence electrons. The van der Waals surface area contributed by atoms with Crippen molar-refractivity contribution in [3.63, 3.8) is 0 Å². The Morgan fingerprint density at radius 3 is 2.43 bits per heavy atom. The minimum atomic E-state index is -1.78. The zero-order chi connectivity index (χ0) is 17.1. The molecule has 1 aromatic carbocycles. The van der Waals surface area contributed by atoms with Gasteiger partial charge >= 0.3 is 0 Å². The Hall–Kier alpha value is -0.683. The first-order valence-corrected chi connectivity index (χ1v) is 11.7. The first-order valence-electron chi connectivity index (χ1n) is 8.78. The van der Waals surface area contributed by atoms with Crippen LogP contribution < -0.4 is 0 Å². The monoisotopic (exact) mass is 335 g/mol. The summed E-state index contributed by atoms with van der Waals surface area (Å²) in [5, 5.41) is 10.1. The summed E-state index contributed by atoms with van der Waals surface area (Å²) >= 11 is 0. The normalized spacial score (nSPS) is 23.9. The molecule has 1 aliphatic heterocycles. The average molecular weight is 336 g/mol. The second kappa shape index (κ2) is 7.47. The zero-order valence-corrected chi connectivity index (χ0v) is 16.4. The highest BCUT2D eigenvalue weighted by Crippen LogP contribution is 2.39. The molecule has 0 radical (unpaired) electrons. The van der Waals surface area contributed by atoms with Crippen LogP contribution in [0.5, 0.6) is 0 Å². The van der Waals surface area contributed by atoms with Gasteiger partial charge in [0.15, 0.2) is 0 Å². The van der Waals surface area contributed by atoms with Crippen LogP contribution in [-0.2, 0) is 11.0 Å². The summed E-state index contributed by atoms with van der Waals surface area (Å²) in [6.45, 7) is 14.6.